The summed E-state index contributed by atoms with van der Waals surface area (Å²) in [7, 11) is -2.67. The average Bonchev–Trinajstić information content (AvgIpc) is 3.30. The molecule has 0 atom stereocenters. The SMILES string of the molecule is COc1ccccc1Oc1ccc(Cl)cc1NS(=O)(=O)c1nnc(NC(=O)c2cccc(C)c2)s1. The van der Waals surface area contributed by atoms with Crippen LogP contribution in [0.25, 0.3) is 0 Å². The Morgan fingerprint density at radius 2 is 1.74 bits per heavy atom. The molecule has 0 spiro atoms. The molecule has 0 aliphatic rings. The lowest BCUT2D eigenvalue weighted by Gasteiger charge is -2.14. The molecule has 2 N–H and O–H groups in total. The van der Waals surface area contributed by atoms with E-state index in [0.717, 1.165) is 5.56 Å². The van der Waals surface area contributed by atoms with Crippen molar-refractivity contribution in [2.24, 2.45) is 0 Å². The van der Waals surface area contributed by atoms with Crippen molar-refractivity contribution in [2.45, 2.75) is 11.3 Å². The van der Waals surface area contributed by atoms with Crippen LogP contribution in [0.2, 0.25) is 5.02 Å². The normalized spacial score (nSPS) is 11.1. The van der Waals surface area contributed by atoms with Crippen LogP contribution in [0.3, 0.4) is 0 Å². The highest BCUT2D eigenvalue weighted by Gasteiger charge is 2.23. The number of sulfonamides is 1. The second-order valence-corrected chi connectivity index (χ2v) is 10.5. The first kappa shape index (κ1) is 24.5. The maximum absolute atomic E-state index is 13.0. The van der Waals surface area contributed by atoms with E-state index in [4.69, 9.17) is 21.1 Å². The number of halogens is 1. The molecular formula is C23H19ClN4O5S2. The zero-order chi connectivity index (χ0) is 25.0. The van der Waals surface area contributed by atoms with E-state index >= 15 is 0 Å². The average molecular weight is 531 g/mol. The number of aryl methyl sites for hydroxylation is 1. The van der Waals surface area contributed by atoms with Crippen molar-refractivity contribution in [2.75, 3.05) is 17.1 Å². The fourth-order valence-electron chi connectivity index (χ4n) is 3.01. The van der Waals surface area contributed by atoms with Gasteiger partial charge in [-0.3, -0.25) is 14.8 Å². The first-order valence-electron chi connectivity index (χ1n) is 10.1. The standard InChI is InChI=1S/C23H19ClN4O5S2/c1-14-6-5-7-15(12-14)21(29)25-22-26-27-23(34-22)35(30,31)28-17-13-16(24)10-11-18(17)33-20-9-4-3-8-19(20)32-2/h3-13,28H,1-2H3,(H,25,26,29). The maximum Gasteiger partial charge on any atom is 0.291 e. The zero-order valence-corrected chi connectivity index (χ0v) is 20.9. The van der Waals surface area contributed by atoms with Crippen LogP contribution < -0.4 is 19.5 Å². The Balaban J connectivity index is 1.55. The molecular weight excluding hydrogens is 512 g/mol. The summed E-state index contributed by atoms with van der Waals surface area (Å²) >= 11 is 6.80. The summed E-state index contributed by atoms with van der Waals surface area (Å²) in [6.07, 6.45) is 0. The lowest BCUT2D eigenvalue weighted by Crippen LogP contribution is -2.13. The van der Waals surface area contributed by atoms with Crippen LogP contribution in [0, 0.1) is 6.92 Å². The van der Waals surface area contributed by atoms with Gasteiger partial charge in [-0.25, -0.2) is 0 Å². The second kappa shape index (κ2) is 10.3. The van der Waals surface area contributed by atoms with Crippen LogP contribution in [0.15, 0.2) is 71.1 Å². The van der Waals surface area contributed by atoms with Crippen molar-refractivity contribution in [3.63, 3.8) is 0 Å². The minimum atomic E-state index is -4.17. The number of nitrogens with zero attached hydrogens (tertiary/aromatic N) is 2. The summed E-state index contributed by atoms with van der Waals surface area (Å²) < 4.78 is 39.3. The fourth-order valence-corrected chi connectivity index (χ4v) is 5.14. The molecule has 0 radical (unpaired) electrons. The number of nitrogens with one attached hydrogen (secondary N) is 2. The van der Waals surface area contributed by atoms with Gasteiger partial charge in [-0.15, -0.1) is 10.2 Å². The third kappa shape index (κ3) is 5.88. The number of hydrogen-bond acceptors (Lipinski definition) is 8. The molecule has 0 unspecified atom stereocenters. The predicted octanol–water partition coefficient (Wildman–Crippen LogP) is 5.35. The largest absolute Gasteiger partial charge is 0.493 e. The molecule has 0 aliphatic heterocycles. The Morgan fingerprint density at radius 1 is 0.971 bits per heavy atom. The lowest BCUT2D eigenvalue weighted by molar-refractivity contribution is 0.102. The molecule has 1 aromatic heterocycles. The Labute approximate surface area is 210 Å². The van der Waals surface area contributed by atoms with E-state index in [1.165, 1.54) is 19.2 Å². The third-order valence-electron chi connectivity index (χ3n) is 4.61. The van der Waals surface area contributed by atoms with Crippen LogP contribution in [-0.2, 0) is 10.0 Å². The Bertz CT molecular complexity index is 1490. The minimum absolute atomic E-state index is 0.0356. The molecule has 4 aromatic rings. The van der Waals surface area contributed by atoms with Crippen LogP contribution in [0.5, 0.6) is 17.2 Å². The highest BCUT2D eigenvalue weighted by molar-refractivity contribution is 7.94. The van der Waals surface area contributed by atoms with Gasteiger partial charge in [0.05, 0.1) is 12.8 Å². The molecule has 1 amide bonds. The first-order valence-corrected chi connectivity index (χ1v) is 12.8. The molecule has 1 heterocycles. The molecule has 0 fully saturated rings. The van der Waals surface area contributed by atoms with E-state index in [-0.39, 0.29) is 20.9 Å². The summed E-state index contributed by atoms with van der Waals surface area (Å²) in [6.45, 7) is 1.86. The molecule has 3 aromatic carbocycles. The van der Waals surface area contributed by atoms with Crippen LogP contribution in [-0.4, -0.2) is 31.6 Å². The van der Waals surface area contributed by atoms with E-state index in [0.29, 0.717) is 33.4 Å². The number of anilines is 2. The zero-order valence-electron chi connectivity index (χ0n) is 18.5. The topological polar surface area (TPSA) is 120 Å². The van der Waals surface area contributed by atoms with Gasteiger partial charge in [0, 0.05) is 10.6 Å². The van der Waals surface area contributed by atoms with Gasteiger partial charge in [0.1, 0.15) is 0 Å². The molecule has 9 nitrogen and oxygen atoms in total. The molecule has 0 saturated heterocycles. The number of para-hydroxylation sites is 2. The smallest absolute Gasteiger partial charge is 0.291 e. The highest BCUT2D eigenvalue weighted by atomic mass is 35.5. The van der Waals surface area contributed by atoms with Crippen molar-refractivity contribution in [3.05, 3.63) is 82.9 Å². The predicted molar refractivity (Wildman–Crippen MR) is 134 cm³/mol. The van der Waals surface area contributed by atoms with Gasteiger partial charge in [-0.05, 0) is 49.4 Å². The van der Waals surface area contributed by atoms with E-state index < -0.39 is 15.9 Å². The summed E-state index contributed by atoms with van der Waals surface area (Å²) in [5.74, 6) is 0.619. The van der Waals surface area contributed by atoms with Gasteiger partial charge < -0.3 is 9.47 Å². The third-order valence-corrected chi connectivity index (χ3v) is 7.42. The molecule has 180 valence electrons. The van der Waals surface area contributed by atoms with Crippen LogP contribution in [0.4, 0.5) is 10.8 Å². The van der Waals surface area contributed by atoms with Crippen molar-refractivity contribution < 1.29 is 22.7 Å². The number of aromatic nitrogens is 2. The number of benzene rings is 3. The van der Waals surface area contributed by atoms with E-state index in [2.05, 4.69) is 20.2 Å². The Morgan fingerprint density at radius 3 is 2.49 bits per heavy atom. The molecule has 0 aliphatic carbocycles. The van der Waals surface area contributed by atoms with Gasteiger partial charge in [0.15, 0.2) is 17.2 Å². The summed E-state index contributed by atoms with van der Waals surface area (Å²) in [4.78, 5) is 12.4. The van der Waals surface area contributed by atoms with Crippen molar-refractivity contribution >= 4 is 49.7 Å². The summed E-state index contributed by atoms with van der Waals surface area (Å²) in [5, 5.41) is 10.4. The monoisotopic (exact) mass is 530 g/mol. The van der Waals surface area contributed by atoms with Gasteiger partial charge in [0.25, 0.3) is 20.3 Å². The van der Waals surface area contributed by atoms with Crippen molar-refractivity contribution in [3.8, 4) is 17.2 Å². The van der Waals surface area contributed by atoms with Gasteiger partial charge in [0.2, 0.25) is 5.13 Å². The fraction of sp³-hybridized carbons (Fsp3) is 0.0870. The molecule has 4 rings (SSSR count). The number of rotatable bonds is 8. The van der Waals surface area contributed by atoms with E-state index in [9.17, 15) is 13.2 Å². The lowest BCUT2D eigenvalue weighted by atomic mass is 10.1. The number of carbonyl (C=O) groups is 1. The molecule has 12 heteroatoms. The van der Waals surface area contributed by atoms with Gasteiger partial charge in [-0.2, -0.15) is 8.42 Å². The minimum Gasteiger partial charge on any atom is -0.493 e. The quantitative estimate of drug-likeness (QED) is 0.294. The second-order valence-electron chi connectivity index (χ2n) is 7.20. The summed E-state index contributed by atoms with van der Waals surface area (Å²) in [6, 6.07) is 18.4. The number of hydrogen-bond donors (Lipinski definition) is 2. The number of ether oxygens (including phenoxy) is 2. The Kier molecular flexibility index (Phi) is 7.20. The highest BCUT2D eigenvalue weighted by Crippen LogP contribution is 2.37. The number of carbonyl (C=O) groups excluding carboxylic acids is 1. The maximum atomic E-state index is 13.0. The Hall–Kier alpha value is -3.67. The van der Waals surface area contributed by atoms with E-state index in [1.54, 1.807) is 48.5 Å². The molecule has 0 bridgehead atoms. The molecule has 0 saturated carbocycles. The number of amides is 1. The van der Waals surface area contributed by atoms with Crippen molar-refractivity contribution in [1.82, 2.24) is 10.2 Å². The molecule has 35 heavy (non-hydrogen) atoms. The van der Waals surface area contributed by atoms with E-state index in [1.807, 2.05) is 13.0 Å². The van der Waals surface area contributed by atoms with Crippen LogP contribution in [0.1, 0.15) is 15.9 Å². The van der Waals surface area contributed by atoms with Crippen molar-refractivity contribution in [1.29, 1.82) is 0 Å². The van der Waals surface area contributed by atoms with Crippen LogP contribution >= 0.6 is 22.9 Å². The van der Waals surface area contributed by atoms with Gasteiger partial charge >= 0.3 is 0 Å². The number of methoxy groups -OCH3 is 1. The van der Waals surface area contributed by atoms with Gasteiger partial charge in [-0.1, -0.05) is 52.8 Å². The summed E-state index contributed by atoms with van der Waals surface area (Å²) in [5.41, 5.74) is 1.42. The first-order chi connectivity index (χ1) is 16.7.